The van der Waals surface area contributed by atoms with E-state index in [9.17, 15) is 9.90 Å². The topological polar surface area (TPSA) is 48.9 Å². The predicted octanol–water partition coefficient (Wildman–Crippen LogP) is -0.0496. The Morgan fingerprint density at radius 2 is 1.88 bits per heavy atom. The van der Waals surface area contributed by atoms with E-state index in [1.165, 1.54) is 15.5 Å². The third-order valence-electron chi connectivity index (χ3n) is 2.48. The fraction of sp³-hybridized carbons (Fsp3) is 0.167. The van der Waals surface area contributed by atoms with Gasteiger partial charge in [-0.15, -0.1) is 0 Å². The van der Waals surface area contributed by atoms with Crippen molar-refractivity contribution in [2.24, 2.45) is 14.1 Å². The Balaban J connectivity index is 2.80. The molecule has 0 amide bonds. The number of aromatic nitrogens is 2. The highest BCUT2D eigenvalue weighted by molar-refractivity contribution is 5.65. The molecule has 0 fully saturated rings. The van der Waals surface area contributed by atoms with Gasteiger partial charge in [-0.05, 0) is 5.56 Å². The van der Waals surface area contributed by atoms with Gasteiger partial charge in [0.1, 0.15) is 5.56 Å². The first-order valence-electron chi connectivity index (χ1n) is 4.93. The Labute approximate surface area is 93.0 Å². The standard InChI is InChI=1S/C12H12N2O2/c1-13-8-14(2)12(16)10(11(13)15)9-6-4-3-5-7-9/h3-8H,1-2H3. The molecule has 0 aliphatic heterocycles. The van der Waals surface area contributed by atoms with E-state index >= 15 is 0 Å². The van der Waals surface area contributed by atoms with Crippen LogP contribution < -0.4 is 15.2 Å². The molecule has 0 bridgehead atoms. The molecule has 0 atom stereocenters. The van der Waals surface area contributed by atoms with E-state index < -0.39 is 0 Å². The molecule has 0 saturated carbocycles. The van der Waals surface area contributed by atoms with Crippen LogP contribution in [0.2, 0.25) is 0 Å². The van der Waals surface area contributed by atoms with Gasteiger partial charge in [0.05, 0.1) is 20.0 Å². The molecule has 16 heavy (non-hydrogen) atoms. The minimum absolute atomic E-state index is 0.216. The molecule has 0 N–H and O–H groups in total. The van der Waals surface area contributed by atoms with E-state index in [0.717, 1.165) is 0 Å². The van der Waals surface area contributed by atoms with Gasteiger partial charge in [-0.25, -0.2) is 13.9 Å². The van der Waals surface area contributed by atoms with Crippen molar-refractivity contribution in [3.8, 4) is 17.0 Å². The van der Waals surface area contributed by atoms with Gasteiger partial charge < -0.3 is 5.11 Å². The van der Waals surface area contributed by atoms with Gasteiger partial charge in [0.15, 0.2) is 0 Å². The van der Waals surface area contributed by atoms with Crippen LogP contribution in [-0.4, -0.2) is 4.57 Å². The van der Waals surface area contributed by atoms with Crippen LogP contribution in [0.15, 0.2) is 41.5 Å². The summed E-state index contributed by atoms with van der Waals surface area (Å²) in [6.07, 6.45) is 1.48. The second-order valence-corrected chi connectivity index (χ2v) is 3.69. The van der Waals surface area contributed by atoms with E-state index in [2.05, 4.69) is 0 Å². The quantitative estimate of drug-likeness (QED) is 0.627. The molecular weight excluding hydrogens is 204 g/mol. The third kappa shape index (κ3) is 1.58. The van der Waals surface area contributed by atoms with Crippen LogP contribution in [0.25, 0.3) is 11.1 Å². The molecule has 82 valence electrons. The second-order valence-electron chi connectivity index (χ2n) is 3.69. The molecule has 1 aromatic heterocycles. The van der Waals surface area contributed by atoms with Gasteiger partial charge in [0, 0.05) is 0 Å². The number of rotatable bonds is 1. The number of benzene rings is 1. The van der Waals surface area contributed by atoms with Crippen LogP contribution in [0.5, 0.6) is 5.88 Å². The molecule has 2 rings (SSSR count). The lowest BCUT2D eigenvalue weighted by Crippen LogP contribution is -2.40. The van der Waals surface area contributed by atoms with Crippen molar-refractivity contribution >= 4 is 0 Å². The van der Waals surface area contributed by atoms with Crippen LogP contribution in [0.4, 0.5) is 0 Å². The van der Waals surface area contributed by atoms with Crippen molar-refractivity contribution in [1.82, 2.24) is 4.57 Å². The first-order chi connectivity index (χ1) is 7.61. The zero-order chi connectivity index (χ0) is 11.7. The lowest BCUT2D eigenvalue weighted by Gasteiger charge is -2.12. The maximum atomic E-state index is 11.9. The summed E-state index contributed by atoms with van der Waals surface area (Å²) in [5.74, 6) is -0.269. The van der Waals surface area contributed by atoms with Gasteiger partial charge in [0.2, 0.25) is 6.33 Å². The first kappa shape index (κ1) is 10.4. The summed E-state index contributed by atoms with van der Waals surface area (Å²) in [7, 11) is 3.27. The lowest BCUT2D eigenvalue weighted by molar-refractivity contribution is -0.717. The normalized spacial score (nSPS) is 10.4. The van der Waals surface area contributed by atoms with Crippen molar-refractivity contribution in [2.45, 2.75) is 0 Å². The maximum absolute atomic E-state index is 11.9. The monoisotopic (exact) mass is 216 g/mol. The van der Waals surface area contributed by atoms with Crippen LogP contribution in [0.3, 0.4) is 0 Å². The van der Waals surface area contributed by atoms with Gasteiger partial charge in [-0.1, -0.05) is 30.3 Å². The molecule has 0 spiro atoms. The van der Waals surface area contributed by atoms with E-state index in [0.29, 0.717) is 5.56 Å². The molecule has 0 unspecified atom stereocenters. The summed E-state index contributed by atoms with van der Waals surface area (Å²) < 4.78 is 2.81. The van der Waals surface area contributed by atoms with Crippen LogP contribution >= 0.6 is 0 Å². The SMILES string of the molecule is Cn1c[n+](C)c([O-])c(-c2ccccc2)c1=O. The second kappa shape index (κ2) is 3.81. The summed E-state index contributed by atoms with van der Waals surface area (Å²) in [5, 5.41) is 11.9. The summed E-state index contributed by atoms with van der Waals surface area (Å²) >= 11 is 0. The zero-order valence-electron chi connectivity index (χ0n) is 9.18. The van der Waals surface area contributed by atoms with Gasteiger partial charge >= 0.3 is 5.56 Å². The van der Waals surface area contributed by atoms with Crippen molar-refractivity contribution < 1.29 is 9.67 Å². The predicted molar refractivity (Wildman–Crippen MR) is 57.7 cm³/mol. The van der Waals surface area contributed by atoms with E-state index in [-0.39, 0.29) is 17.0 Å². The third-order valence-corrected chi connectivity index (χ3v) is 2.48. The molecule has 4 heteroatoms. The Kier molecular flexibility index (Phi) is 2.48. The summed E-state index contributed by atoms with van der Waals surface area (Å²) in [5.41, 5.74) is 0.603. The fourth-order valence-corrected chi connectivity index (χ4v) is 1.66. The summed E-state index contributed by atoms with van der Waals surface area (Å²) in [4.78, 5) is 11.9. The maximum Gasteiger partial charge on any atom is 0.344 e. The minimum atomic E-state index is -0.269. The number of nitrogens with zero attached hydrogens (tertiary/aromatic N) is 2. The molecule has 4 nitrogen and oxygen atoms in total. The largest absolute Gasteiger partial charge is 0.842 e. The molecular formula is C12H12N2O2. The average molecular weight is 216 g/mol. The smallest absolute Gasteiger partial charge is 0.344 e. The van der Waals surface area contributed by atoms with Crippen molar-refractivity contribution in [3.63, 3.8) is 0 Å². The Morgan fingerprint density at radius 1 is 1.25 bits per heavy atom. The molecule has 0 saturated heterocycles. The van der Waals surface area contributed by atoms with Gasteiger partial charge in [-0.3, -0.25) is 0 Å². The van der Waals surface area contributed by atoms with Gasteiger partial charge in [0.25, 0.3) is 0 Å². The number of hydrogen-bond acceptors (Lipinski definition) is 2. The van der Waals surface area contributed by atoms with Crippen molar-refractivity contribution in [2.75, 3.05) is 0 Å². The summed E-state index contributed by atoms with van der Waals surface area (Å²) in [6.45, 7) is 0. The average Bonchev–Trinajstić information content (AvgIpc) is 2.28. The molecule has 1 heterocycles. The van der Waals surface area contributed by atoms with Gasteiger partial charge in [-0.2, -0.15) is 0 Å². The highest BCUT2D eigenvalue weighted by Gasteiger charge is 2.13. The first-order valence-corrected chi connectivity index (χ1v) is 4.93. The van der Waals surface area contributed by atoms with Crippen LogP contribution in [0.1, 0.15) is 0 Å². The zero-order valence-corrected chi connectivity index (χ0v) is 9.18. The minimum Gasteiger partial charge on any atom is -0.842 e. The molecule has 2 aromatic rings. The van der Waals surface area contributed by atoms with E-state index in [1.807, 2.05) is 6.07 Å². The number of hydrogen-bond donors (Lipinski definition) is 0. The Hall–Kier alpha value is -2.10. The Morgan fingerprint density at radius 3 is 2.50 bits per heavy atom. The van der Waals surface area contributed by atoms with Crippen molar-refractivity contribution in [3.05, 3.63) is 47.0 Å². The highest BCUT2D eigenvalue weighted by Crippen LogP contribution is 2.18. The van der Waals surface area contributed by atoms with E-state index in [4.69, 9.17) is 0 Å². The fourth-order valence-electron chi connectivity index (χ4n) is 1.66. The van der Waals surface area contributed by atoms with Crippen LogP contribution in [0, 0.1) is 0 Å². The molecule has 0 aliphatic rings. The molecule has 0 aliphatic carbocycles. The van der Waals surface area contributed by atoms with Crippen LogP contribution in [-0.2, 0) is 14.1 Å². The van der Waals surface area contributed by atoms with Crippen molar-refractivity contribution in [1.29, 1.82) is 0 Å². The van der Waals surface area contributed by atoms with E-state index in [1.54, 1.807) is 38.4 Å². The molecule has 1 aromatic carbocycles. The Bertz CT molecular complexity index is 574. The summed E-state index contributed by atoms with van der Waals surface area (Å²) in [6, 6.07) is 8.99. The molecule has 0 radical (unpaired) electrons. The number of aryl methyl sites for hydroxylation is 2. The highest BCUT2D eigenvalue weighted by atomic mass is 16.3. The lowest BCUT2D eigenvalue weighted by atomic mass is 10.1.